The highest BCUT2D eigenvalue weighted by atomic mass is 35.5. The van der Waals surface area contributed by atoms with Gasteiger partial charge in [0.2, 0.25) is 5.91 Å². The van der Waals surface area contributed by atoms with E-state index in [-0.39, 0.29) is 11.8 Å². The van der Waals surface area contributed by atoms with Crippen LogP contribution in [0.25, 0.3) is 0 Å². The first-order chi connectivity index (χ1) is 7.68. The number of nitrogens with zero attached hydrogens (tertiary/aromatic N) is 3. The molecular weight excluding hydrogens is 226 g/mol. The topological polar surface area (TPSA) is 46.1 Å². The minimum Gasteiger partial charge on any atom is -0.342 e. The lowest BCUT2D eigenvalue weighted by Gasteiger charge is -2.31. The summed E-state index contributed by atoms with van der Waals surface area (Å²) in [6.45, 7) is 3.14. The van der Waals surface area contributed by atoms with Gasteiger partial charge < -0.3 is 4.90 Å². The van der Waals surface area contributed by atoms with E-state index < -0.39 is 0 Å². The van der Waals surface area contributed by atoms with Crippen LogP contribution in [-0.4, -0.2) is 33.9 Å². The summed E-state index contributed by atoms with van der Waals surface area (Å²) < 4.78 is 0. The number of halogens is 1. The maximum absolute atomic E-state index is 11.3. The van der Waals surface area contributed by atoms with Crippen molar-refractivity contribution in [2.75, 3.05) is 13.1 Å². The molecule has 1 fully saturated rings. The quantitative estimate of drug-likeness (QED) is 0.752. The molecule has 1 aliphatic heterocycles. The Labute approximate surface area is 99.6 Å². The lowest BCUT2D eigenvalue weighted by atomic mass is 9.95. The van der Waals surface area contributed by atoms with Crippen molar-refractivity contribution < 1.29 is 4.79 Å². The first kappa shape index (κ1) is 11.3. The van der Waals surface area contributed by atoms with Gasteiger partial charge in [-0.2, -0.15) is 0 Å². The standard InChI is InChI=1S/C11H14ClN3O/c1-8(16)15-6-2-3-9(7-15)10-11(12)14-5-4-13-10/h4-5,9H,2-3,6-7H2,1H3. The van der Waals surface area contributed by atoms with Gasteiger partial charge in [-0.1, -0.05) is 11.6 Å². The number of amides is 1. The van der Waals surface area contributed by atoms with Crippen LogP contribution in [0.2, 0.25) is 5.15 Å². The highest BCUT2D eigenvalue weighted by Crippen LogP contribution is 2.28. The van der Waals surface area contributed by atoms with Gasteiger partial charge in [0, 0.05) is 38.3 Å². The van der Waals surface area contributed by atoms with Crippen LogP contribution in [0, 0.1) is 0 Å². The Morgan fingerprint density at radius 3 is 2.94 bits per heavy atom. The Hall–Kier alpha value is -1.16. The molecule has 1 aromatic rings. The molecule has 0 aliphatic carbocycles. The normalized spacial score (nSPS) is 20.9. The van der Waals surface area contributed by atoms with Crippen molar-refractivity contribution in [2.24, 2.45) is 0 Å². The molecule has 16 heavy (non-hydrogen) atoms. The van der Waals surface area contributed by atoms with Gasteiger partial charge in [0.1, 0.15) is 0 Å². The average Bonchev–Trinajstić information content (AvgIpc) is 2.30. The molecule has 0 spiro atoms. The second-order valence-electron chi connectivity index (χ2n) is 4.04. The van der Waals surface area contributed by atoms with E-state index >= 15 is 0 Å². The van der Waals surface area contributed by atoms with E-state index in [1.54, 1.807) is 19.3 Å². The molecule has 0 aromatic carbocycles. The lowest BCUT2D eigenvalue weighted by molar-refractivity contribution is -0.130. The maximum Gasteiger partial charge on any atom is 0.219 e. The van der Waals surface area contributed by atoms with Crippen molar-refractivity contribution in [2.45, 2.75) is 25.7 Å². The Balaban J connectivity index is 2.16. The van der Waals surface area contributed by atoms with E-state index in [0.29, 0.717) is 11.7 Å². The number of piperidine rings is 1. The number of rotatable bonds is 1. The largest absolute Gasteiger partial charge is 0.342 e. The van der Waals surface area contributed by atoms with Crippen molar-refractivity contribution >= 4 is 17.5 Å². The summed E-state index contributed by atoms with van der Waals surface area (Å²) in [5.74, 6) is 0.337. The molecule has 1 amide bonds. The van der Waals surface area contributed by atoms with Gasteiger partial charge in [-0.15, -0.1) is 0 Å². The molecule has 1 aliphatic rings. The summed E-state index contributed by atoms with van der Waals surface area (Å²) >= 11 is 6.01. The monoisotopic (exact) mass is 239 g/mol. The van der Waals surface area contributed by atoms with Crippen molar-refractivity contribution in [3.8, 4) is 0 Å². The summed E-state index contributed by atoms with van der Waals surface area (Å²) in [6, 6.07) is 0. The molecule has 5 heteroatoms. The van der Waals surface area contributed by atoms with Crippen LogP contribution in [-0.2, 0) is 4.79 Å². The zero-order valence-electron chi connectivity index (χ0n) is 9.19. The molecule has 0 saturated carbocycles. The Bertz CT molecular complexity index is 397. The van der Waals surface area contributed by atoms with Crippen molar-refractivity contribution in [3.05, 3.63) is 23.2 Å². The summed E-state index contributed by atoms with van der Waals surface area (Å²) in [4.78, 5) is 21.5. The number of carbonyl (C=O) groups is 1. The van der Waals surface area contributed by atoms with E-state index in [9.17, 15) is 4.79 Å². The molecular formula is C11H14ClN3O. The zero-order valence-corrected chi connectivity index (χ0v) is 9.94. The average molecular weight is 240 g/mol. The van der Waals surface area contributed by atoms with Crippen LogP contribution >= 0.6 is 11.6 Å². The van der Waals surface area contributed by atoms with E-state index in [0.717, 1.165) is 25.1 Å². The van der Waals surface area contributed by atoms with Gasteiger partial charge in [0.25, 0.3) is 0 Å². The highest BCUT2D eigenvalue weighted by Gasteiger charge is 2.25. The Morgan fingerprint density at radius 1 is 1.50 bits per heavy atom. The van der Waals surface area contributed by atoms with Crippen molar-refractivity contribution in [3.63, 3.8) is 0 Å². The summed E-state index contributed by atoms with van der Waals surface area (Å²) in [5, 5.41) is 0.456. The van der Waals surface area contributed by atoms with Gasteiger partial charge in [0.05, 0.1) is 5.69 Å². The molecule has 1 aromatic heterocycles. The minimum atomic E-state index is 0.115. The molecule has 2 rings (SSSR count). The SMILES string of the molecule is CC(=O)N1CCCC(c2nccnc2Cl)C1. The molecule has 2 heterocycles. The third-order valence-corrected chi connectivity index (χ3v) is 3.22. The van der Waals surface area contributed by atoms with Gasteiger partial charge in [0.15, 0.2) is 5.15 Å². The second-order valence-corrected chi connectivity index (χ2v) is 4.39. The Kier molecular flexibility index (Phi) is 3.39. The third kappa shape index (κ3) is 2.32. The fourth-order valence-electron chi connectivity index (χ4n) is 2.09. The van der Waals surface area contributed by atoms with Crippen LogP contribution in [0.5, 0.6) is 0 Å². The number of carbonyl (C=O) groups excluding carboxylic acids is 1. The Morgan fingerprint density at radius 2 is 2.25 bits per heavy atom. The van der Waals surface area contributed by atoms with E-state index in [4.69, 9.17) is 11.6 Å². The smallest absolute Gasteiger partial charge is 0.219 e. The van der Waals surface area contributed by atoms with Crippen LogP contribution in [0.15, 0.2) is 12.4 Å². The van der Waals surface area contributed by atoms with Crippen LogP contribution in [0.3, 0.4) is 0 Å². The van der Waals surface area contributed by atoms with E-state index in [2.05, 4.69) is 9.97 Å². The fraction of sp³-hybridized carbons (Fsp3) is 0.545. The zero-order chi connectivity index (χ0) is 11.5. The van der Waals surface area contributed by atoms with E-state index in [1.807, 2.05) is 4.90 Å². The number of hydrogen-bond donors (Lipinski definition) is 0. The molecule has 4 nitrogen and oxygen atoms in total. The number of aromatic nitrogens is 2. The molecule has 1 unspecified atom stereocenters. The fourth-order valence-corrected chi connectivity index (χ4v) is 2.35. The molecule has 0 bridgehead atoms. The van der Waals surface area contributed by atoms with Crippen LogP contribution in [0.4, 0.5) is 0 Å². The van der Waals surface area contributed by atoms with Gasteiger partial charge in [-0.25, -0.2) is 4.98 Å². The predicted molar refractivity (Wildman–Crippen MR) is 61.3 cm³/mol. The first-order valence-corrected chi connectivity index (χ1v) is 5.78. The first-order valence-electron chi connectivity index (χ1n) is 5.40. The van der Waals surface area contributed by atoms with Gasteiger partial charge in [-0.3, -0.25) is 9.78 Å². The highest BCUT2D eigenvalue weighted by molar-refractivity contribution is 6.30. The third-order valence-electron chi connectivity index (χ3n) is 2.93. The number of hydrogen-bond acceptors (Lipinski definition) is 3. The van der Waals surface area contributed by atoms with Gasteiger partial charge >= 0.3 is 0 Å². The number of likely N-dealkylation sites (tertiary alicyclic amines) is 1. The molecule has 1 saturated heterocycles. The maximum atomic E-state index is 11.3. The second kappa shape index (κ2) is 4.78. The van der Waals surface area contributed by atoms with Crippen LogP contribution < -0.4 is 0 Å². The molecule has 86 valence electrons. The van der Waals surface area contributed by atoms with Crippen LogP contribution in [0.1, 0.15) is 31.4 Å². The predicted octanol–water partition coefficient (Wildman–Crippen LogP) is 1.86. The van der Waals surface area contributed by atoms with Crippen molar-refractivity contribution in [1.82, 2.24) is 14.9 Å². The molecule has 1 atom stereocenters. The minimum absolute atomic E-state index is 0.115. The summed E-state index contributed by atoms with van der Waals surface area (Å²) in [7, 11) is 0. The molecule has 0 N–H and O–H groups in total. The summed E-state index contributed by atoms with van der Waals surface area (Å²) in [6.07, 6.45) is 5.24. The van der Waals surface area contributed by atoms with Crippen molar-refractivity contribution in [1.29, 1.82) is 0 Å². The van der Waals surface area contributed by atoms with E-state index in [1.165, 1.54) is 0 Å². The molecule has 0 radical (unpaired) electrons. The van der Waals surface area contributed by atoms with Gasteiger partial charge in [-0.05, 0) is 12.8 Å². The summed E-state index contributed by atoms with van der Waals surface area (Å²) in [5.41, 5.74) is 0.815. The lowest BCUT2D eigenvalue weighted by Crippen LogP contribution is -2.37.